The molecule has 4 nitrogen and oxygen atoms in total. The molecule has 0 aliphatic heterocycles. The molecule has 0 unspecified atom stereocenters. The highest BCUT2D eigenvalue weighted by Crippen LogP contribution is 2.17. The fourth-order valence-electron chi connectivity index (χ4n) is 1.63. The van der Waals surface area contributed by atoms with Crippen LogP contribution in [0.5, 0.6) is 5.75 Å². The quantitative estimate of drug-likeness (QED) is 0.854. The number of aromatic hydroxyl groups is 1. The van der Waals surface area contributed by atoms with Crippen LogP contribution in [0, 0.1) is 6.92 Å². The molecule has 98 valence electrons. The van der Waals surface area contributed by atoms with Crippen molar-refractivity contribution in [3.63, 3.8) is 0 Å². The number of hydrogen-bond donors (Lipinski definition) is 2. The number of halogens is 1. The number of phenols is 1. The van der Waals surface area contributed by atoms with Crippen molar-refractivity contribution in [1.82, 2.24) is 4.98 Å². The molecule has 5 heteroatoms. The second-order valence-corrected chi connectivity index (χ2v) is 4.97. The molecule has 1 heterocycles. The highest BCUT2D eigenvalue weighted by molar-refractivity contribution is 9.10. The third kappa shape index (κ3) is 3.79. The summed E-state index contributed by atoms with van der Waals surface area (Å²) in [7, 11) is 0. The maximum Gasteiger partial charge on any atom is 0.228 e. The van der Waals surface area contributed by atoms with E-state index in [9.17, 15) is 4.79 Å². The van der Waals surface area contributed by atoms with E-state index in [1.807, 2.05) is 13.0 Å². The number of nitrogens with one attached hydrogen (secondary N) is 1. The van der Waals surface area contributed by atoms with Crippen molar-refractivity contribution in [2.75, 3.05) is 5.32 Å². The molecule has 0 fully saturated rings. The van der Waals surface area contributed by atoms with E-state index in [0.717, 1.165) is 15.7 Å². The van der Waals surface area contributed by atoms with Crippen molar-refractivity contribution in [3.8, 4) is 5.75 Å². The van der Waals surface area contributed by atoms with Crippen molar-refractivity contribution >= 4 is 27.5 Å². The van der Waals surface area contributed by atoms with Crippen LogP contribution in [0.25, 0.3) is 0 Å². The maximum absolute atomic E-state index is 11.8. The summed E-state index contributed by atoms with van der Waals surface area (Å²) >= 11 is 3.31. The van der Waals surface area contributed by atoms with Gasteiger partial charge in [-0.1, -0.05) is 12.1 Å². The first kappa shape index (κ1) is 13.5. The molecule has 1 amide bonds. The Labute approximate surface area is 119 Å². The lowest BCUT2D eigenvalue weighted by molar-refractivity contribution is -0.115. The van der Waals surface area contributed by atoms with E-state index in [1.54, 1.807) is 30.5 Å². The normalized spacial score (nSPS) is 10.2. The van der Waals surface area contributed by atoms with E-state index in [4.69, 9.17) is 5.11 Å². The van der Waals surface area contributed by atoms with E-state index in [-0.39, 0.29) is 18.1 Å². The second-order valence-electron chi connectivity index (χ2n) is 4.22. The third-order valence-corrected chi connectivity index (χ3v) is 3.43. The van der Waals surface area contributed by atoms with Crippen LogP contribution in [0.1, 0.15) is 11.1 Å². The Morgan fingerprint density at radius 3 is 2.68 bits per heavy atom. The van der Waals surface area contributed by atoms with Crippen LogP contribution in [0.15, 0.2) is 41.1 Å². The minimum absolute atomic E-state index is 0.116. The molecule has 0 spiro atoms. The Balaban J connectivity index is 2.01. The van der Waals surface area contributed by atoms with Gasteiger partial charge >= 0.3 is 0 Å². The van der Waals surface area contributed by atoms with Gasteiger partial charge in [0.15, 0.2) is 0 Å². The van der Waals surface area contributed by atoms with Crippen molar-refractivity contribution in [2.45, 2.75) is 13.3 Å². The van der Waals surface area contributed by atoms with Crippen molar-refractivity contribution in [2.24, 2.45) is 0 Å². The molecule has 0 atom stereocenters. The second kappa shape index (κ2) is 5.84. The zero-order chi connectivity index (χ0) is 13.8. The Morgan fingerprint density at radius 2 is 2.05 bits per heavy atom. The fourth-order valence-corrected chi connectivity index (χ4v) is 1.85. The summed E-state index contributed by atoms with van der Waals surface area (Å²) in [6, 6.07) is 8.42. The molecule has 2 N–H and O–H groups in total. The van der Waals surface area contributed by atoms with Gasteiger partial charge in [0.2, 0.25) is 5.91 Å². The minimum atomic E-state index is -0.116. The number of pyridine rings is 1. The lowest BCUT2D eigenvalue weighted by Crippen LogP contribution is -2.14. The summed E-state index contributed by atoms with van der Waals surface area (Å²) in [5, 5.41) is 12.0. The molecule has 2 rings (SSSR count). The van der Waals surface area contributed by atoms with Crippen molar-refractivity contribution in [1.29, 1.82) is 0 Å². The summed E-state index contributed by atoms with van der Waals surface area (Å²) in [6.45, 7) is 1.91. The van der Waals surface area contributed by atoms with Crippen LogP contribution in [0.3, 0.4) is 0 Å². The van der Waals surface area contributed by atoms with E-state index >= 15 is 0 Å². The molecule has 2 aromatic rings. The van der Waals surface area contributed by atoms with Crippen LogP contribution in [-0.2, 0) is 11.2 Å². The minimum Gasteiger partial charge on any atom is -0.508 e. The number of nitrogens with zero attached hydrogens (tertiary/aromatic N) is 1. The number of carbonyl (C=O) groups excluding carboxylic acids is 1. The number of amides is 1. The van der Waals surface area contributed by atoms with Crippen LogP contribution >= 0.6 is 15.9 Å². The molecule has 0 saturated carbocycles. The highest BCUT2D eigenvalue weighted by atomic mass is 79.9. The van der Waals surface area contributed by atoms with Gasteiger partial charge in [-0.2, -0.15) is 0 Å². The number of aryl methyl sites for hydroxylation is 1. The lowest BCUT2D eigenvalue weighted by atomic mass is 10.1. The van der Waals surface area contributed by atoms with E-state index in [1.165, 1.54) is 0 Å². The molecule has 0 aliphatic carbocycles. The van der Waals surface area contributed by atoms with Crippen LogP contribution in [0.4, 0.5) is 5.69 Å². The lowest BCUT2D eigenvalue weighted by Gasteiger charge is -2.06. The molecule has 0 radical (unpaired) electrons. The molecule has 0 bridgehead atoms. The third-order valence-electron chi connectivity index (χ3n) is 2.60. The molecule has 0 saturated heterocycles. The van der Waals surface area contributed by atoms with Gasteiger partial charge in [0.05, 0.1) is 18.3 Å². The number of benzene rings is 1. The molecular weight excluding hydrogens is 308 g/mol. The Hall–Kier alpha value is -1.88. The first-order valence-corrected chi connectivity index (χ1v) is 6.54. The van der Waals surface area contributed by atoms with Gasteiger partial charge in [0.1, 0.15) is 10.4 Å². The standard InChI is InChI=1S/C14H13BrN2O2/c1-9-6-11(8-16-14(9)15)17-13(19)7-10-2-4-12(18)5-3-10/h2-6,8,18H,7H2,1H3,(H,17,19). The zero-order valence-corrected chi connectivity index (χ0v) is 11.9. The van der Waals surface area contributed by atoms with Crippen LogP contribution in [0.2, 0.25) is 0 Å². The van der Waals surface area contributed by atoms with E-state index in [0.29, 0.717) is 5.69 Å². The SMILES string of the molecule is Cc1cc(NC(=O)Cc2ccc(O)cc2)cnc1Br. The summed E-state index contributed by atoms with van der Waals surface area (Å²) in [5.74, 6) is 0.0751. The summed E-state index contributed by atoms with van der Waals surface area (Å²) in [5.41, 5.74) is 2.48. The van der Waals surface area contributed by atoms with E-state index in [2.05, 4.69) is 26.2 Å². The van der Waals surface area contributed by atoms with Gasteiger partial charge in [0.25, 0.3) is 0 Å². The summed E-state index contributed by atoms with van der Waals surface area (Å²) < 4.78 is 0.768. The van der Waals surface area contributed by atoms with Gasteiger partial charge < -0.3 is 10.4 Å². The number of anilines is 1. The maximum atomic E-state index is 11.8. The molecule has 1 aromatic carbocycles. The zero-order valence-electron chi connectivity index (χ0n) is 10.4. The van der Waals surface area contributed by atoms with Crippen LogP contribution < -0.4 is 5.32 Å². The molecular formula is C14H13BrN2O2. The van der Waals surface area contributed by atoms with Gasteiger partial charge in [-0.15, -0.1) is 0 Å². The monoisotopic (exact) mass is 320 g/mol. The number of aromatic nitrogens is 1. The molecule has 0 aliphatic rings. The number of rotatable bonds is 3. The van der Waals surface area contributed by atoms with Crippen molar-refractivity contribution in [3.05, 3.63) is 52.3 Å². The smallest absolute Gasteiger partial charge is 0.228 e. The predicted molar refractivity (Wildman–Crippen MR) is 77.1 cm³/mol. The molecule has 19 heavy (non-hydrogen) atoms. The van der Waals surface area contributed by atoms with Crippen molar-refractivity contribution < 1.29 is 9.90 Å². The average molecular weight is 321 g/mol. The largest absolute Gasteiger partial charge is 0.508 e. The summed E-state index contributed by atoms with van der Waals surface area (Å²) in [4.78, 5) is 16.0. The van der Waals surface area contributed by atoms with Gasteiger partial charge in [-0.05, 0) is 52.2 Å². The first-order chi connectivity index (χ1) is 9.04. The first-order valence-electron chi connectivity index (χ1n) is 5.74. The fraction of sp³-hybridized carbons (Fsp3) is 0.143. The van der Waals surface area contributed by atoms with E-state index < -0.39 is 0 Å². The highest BCUT2D eigenvalue weighted by Gasteiger charge is 2.05. The average Bonchev–Trinajstić information content (AvgIpc) is 2.37. The Bertz CT molecular complexity index is 597. The Morgan fingerprint density at radius 1 is 1.37 bits per heavy atom. The Kier molecular flexibility index (Phi) is 4.16. The number of phenolic OH excluding ortho intramolecular Hbond substituents is 1. The van der Waals surface area contributed by atoms with Gasteiger partial charge in [-0.3, -0.25) is 4.79 Å². The topological polar surface area (TPSA) is 62.2 Å². The molecule has 1 aromatic heterocycles. The predicted octanol–water partition coefficient (Wildman–Crippen LogP) is 3.04. The number of hydrogen-bond acceptors (Lipinski definition) is 3. The van der Waals surface area contributed by atoms with Crippen LogP contribution in [-0.4, -0.2) is 16.0 Å². The summed E-state index contributed by atoms with van der Waals surface area (Å²) in [6.07, 6.45) is 1.86. The number of carbonyl (C=O) groups is 1. The van der Waals surface area contributed by atoms with Gasteiger partial charge in [-0.25, -0.2) is 4.98 Å². The van der Waals surface area contributed by atoms with Gasteiger partial charge in [0, 0.05) is 0 Å².